The average molecular weight is 468 g/mol. The number of urea groups is 1. The molecule has 0 aromatic heterocycles. The Hall–Kier alpha value is -3.35. The third kappa shape index (κ3) is 4.20. The summed E-state index contributed by atoms with van der Waals surface area (Å²) in [6, 6.07) is 21.1. The molecule has 1 aliphatic rings. The van der Waals surface area contributed by atoms with E-state index in [2.05, 4.69) is 10.6 Å². The fraction of sp³-hybridized carbons (Fsp3) is 0.125. The van der Waals surface area contributed by atoms with Gasteiger partial charge in [-0.1, -0.05) is 71.7 Å². The minimum atomic E-state index is -1.39. The number of imide groups is 1. The lowest BCUT2D eigenvalue weighted by Crippen LogP contribution is -2.42. The first-order valence-electron chi connectivity index (χ1n) is 9.83. The number of hydrogen-bond donors (Lipinski definition) is 2. The number of halogens is 2. The average Bonchev–Trinajstić information content (AvgIpc) is 2.98. The number of carbonyl (C=O) groups excluding carboxylic acids is 3. The monoisotopic (exact) mass is 467 g/mol. The highest BCUT2D eigenvalue weighted by molar-refractivity contribution is 6.35. The van der Waals surface area contributed by atoms with Crippen molar-refractivity contribution in [1.29, 1.82) is 0 Å². The smallest absolute Gasteiger partial charge is 0.325 e. The SMILES string of the molecule is CC1(c2ccc(Cl)cc2Cl)NC(=O)N(CC(=O)Nc2ccc(-c3ccccc3)cc2)C1=O. The first kappa shape index (κ1) is 21.9. The quantitative estimate of drug-likeness (QED) is 0.514. The standard InChI is InChI=1S/C24H19Cl2N3O3/c1-24(19-12-9-17(25)13-20(19)26)22(31)29(23(32)28-24)14-21(30)27-18-10-7-16(8-11-18)15-5-3-2-4-6-15/h2-13H,14H2,1H3,(H,27,30)(H,28,32). The van der Waals surface area contributed by atoms with E-state index in [0.29, 0.717) is 16.3 Å². The summed E-state index contributed by atoms with van der Waals surface area (Å²) in [5.74, 6) is -1.06. The Kier molecular flexibility index (Phi) is 5.91. The van der Waals surface area contributed by atoms with Gasteiger partial charge in [0.1, 0.15) is 12.1 Å². The summed E-state index contributed by atoms with van der Waals surface area (Å²) >= 11 is 12.2. The largest absolute Gasteiger partial charge is 0.325 e. The van der Waals surface area contributed by atoms with E-state index in [0.717, 1.165) is 16.0 Å². The van der Waals surface area contributed by atoms with Gasteiger partial charge in [0.05, 0.1) is 0 Å². The van der Waals surface area contributed by atoms with E-state index in [-0.39, 0.29) is 5.02 Å². The number of benzene rings is 3. The zero-order valence-electron chi connectivity index (χ0n) is 17.1. The summed E-state index contributed by atoms with van der Waals surface area (Å²) in [6.45, 7) is 1.12. The highest BCUT2D eigenvalue weighted by Crippen LogP contribution is 2.35. The number of anilines is 1. The molecule has 0 bridgehead atoms. The fourth-order valence-electron chi connectivity index (χ4n) is 3.64. The van der Waals surface area contributed by atoms with Crippen LogP contribution in [-0.2, 0) is 15.1 Å². The van der Waals surface area contributed by atoms with Gasteiger partial charge >= 0.3 is 6.03 Å². The van der Waals surface area contributed by atoms with Crippen LogP contribution in [0.3, 0.4) is 0 Å². The summed E-state index contributed by atoms with van der Waals surface area (Å²) in [6.07, 6.45) is 0. The summed E-state index contributed by atoms with van der Waals surface area (Å²) in [5, 5.41) is 6.01. The number of nitrogens with zero attached hydrogens (tertiary/aromatic N) is 1. The van der Waals surface area contributed by atoms with Gasteiger partial charge in [-0.05, 0) is 42.3 Å². The number of rotatable bonds is 5. The van der Waals surface area contributed by atoms with E-state index in [1.165, 1.54) is 6.07 Å². The molecule has 4 amide bonds. The van der Waals surface area contributed by atoms with Gasteiger partial charge in [0.15, 0.2) is 0 Å². The second-order valence-corrected chi connectivity index (χ2v) is 8.41. The van der Waals surface area contributed by atoms with Crippen molar-refractivity contribution in [3.8, 4) is 11.1 Å². The third-order valence-electron chi connectivity index (χ3n) is 5.32. The first-order chi connectivity index (χ1) is 15.3. The Morgan fingerprint density at radius 3 is 2.28 bits per heavy atom. The first-order valence-corrected chi connectivity index (χ1v) is 10.6. The Morgan fingerprint density at radius 2 is 1.62 bits per heavy atom. The molecule has 1 aliphatic heterocycles. The number of amides is 4. The minimum absolute atomic E-state index is 0.249. The third-order valence-corrected chi connectivity index (χ3v) is 5.87. The summed E-state index contributed by atoms with van der Waals surface area (Å²) in [5.41, 5.74) is 1.64. The van der Waals surface area contributed by atoms with E-state index in [1.807, 2.05) is 42.5 Å². The molecule has 1 atom stereocenters. The molecule has 1 unspecified atom stereocenters. The van der Waals surface area contributed by atoms with Crippen molar-refractivity contribution in [3.63, 3.8) is 0 Å². The van der Waals surface area contributed by atoms with Crippen LogP contribution in [0.5, 0.6) is 0 Å². The minimum Gasteiger partial charge on any atom is -0.325 e. The van der Waals surface area contributed by atoms with Crippen molar-refractivity contribution < 1.29 is 14.4 Å². The van der Waals surface area contributed by atoms with Crippen LogP contribution in [0, 0.1) is 0 Å². The van der Waals surface area contributed by atoms with Crippen molar-refractivity contribution in [2.45, 2.75) is 12.5 Å². The second kappa shape index (κ2) is 8.65. The maximum atomic E-state index is 13.0. The summed E-state index contributed by atoms with van der Waals surface area (Å²) < 4.78 is 0. The van der Waals surface area contributed by atoms with Crippen LogP contribution >= 0.6 is 23.2 Å². The Labute approximate surface area is 195 Å². The number of hydrogen-bond acceptors (Lipinski definition) is 3. The zero-order valence-corrected chi connectivity index (χ0v) is 18.6. The number of nitrogens with one attached hydrogen (secondary N) is 2. The lowest BCUT2D eigenvalue weighted by Gasteiger charge is -2.23. The molecule has 3 aromatic rings. The molecule has 0 aliphatic carbocycles. The Balaban J connectivity index is 1.45. The van der Waals surface area contributed by atoms with Crippen LogP contribution in [0.1, 0.15) is 12.5 Å². The predicted molar refractivity (Wildman–Crippen MR) is 125 cm³/mol. The molecule has 0 radical (unpaired) electrons. The highest BCUT2D eigenvalue weighted by atomic mass is 35.5. The molecule has 2 N–H and O–H groups in total. The lowest BCUT2D eigenvalue weighted by molar-refractivity contribution is -0.133. The molecule has 1 fully saturated rings. The molecule has 4 rings (SSSR count). The molecule has 3 aromatic carbocycles. The summed E-state index contributed by atoms with van der Waals surface area (Å²) in [4.78, 5) is 38.9. The Morgan fingerprint density at radius 1 is 0.969 bits per heavy atom. The van der Waals surface area contributed by atoms with Crippen LogP contribution in [0.15, 0.2) is 72.8 Å². The van der Waals surface area contributed by atoms with Gasteiger partial charge in [-0.25, -0.2) is 4.79 Å². The van der Waals surface area contributed by atoms with E-state index >= 15 is 0 Å². The maximum Gasteiger partial charge on any atom is 0.325 e. The van der Waals surface area contributed by atoms with Gasteiger partial charge < -0.3 is 10.6 Å². The molecule has 0 saturated carbocycles. The molecule has 32 heavy (non-hydrogen) atoms. The Bertz CT molecular complexity index is 1200. The van der Waals surface area contributed by atoms with Gasteiger partial charge in [0.2, 0.25) is 5.91 Å². The molecule has 1 saturated heterocycles. The summed E-state index contributed by atoms with van der Waals surface area (Å²) in [7, 11) is 0. The van der Waals surface area contributed by atoms with Crippen LogP contribution in [0.4, 0.5) is 10.5 Å². The topological polar surface area (TPSA) is 78.5 Å². The van der Waals surface area contributed by atoms with E-state index in [9.17, 15) is 14.4 Å². The molecular formula is C24H19Cl2N3O3. The molecule has 0 spiro atoms. The molecule has 6 nitrogen and oxygen atoms in total. The fourth-order valence-corrected chi connectivity index (χ4v) is 4.24. The molecular weight excluding hydrogens is 449 g/mol. The van der Waals surface area contributed by atoms with E-state index in [4.69, 9.17) is 23.2 Å². The van der Waals surface area contributed by atoms with Gasteiger partial charge in [0, 0.05) is 21.3 Å². The van der Waals surface area contributed by atoms with Crippen molar-refractivity contribution in [3.05, 3.63) is 88.4 Å². The van der Waals surface area contributed by atoms with Crippen LogP contribution in [-0.4, -0.2) is 29.3 Å². The second-order valence-electron chi connectivity index (χ2n) is 7.56. The van der Waals surface area contributed by atoms with Gasteiger partial charge in [-0.2, -0.15) is 0 Å². The van der Waals surface area contributed by atoms with Crippen LogP contribution in [0.25, 0.3) is 11.1 Å². The molecule has 1 heterocycles. The maximum absolute atomic E-state index is 13.0. The van der Waals surface area contributed by atoms with Crippen molar-refractivity contribution in [1.82, 2.24) is 10.2 Å². The molecule has 162 valence electrons. The van der Waals surface area contributed by atoms with E-state index in [1.54, 1.807) is 31.2 Å². The van der Waals surface area contributed by atoms with Crippen LogP contribution in [0.2, 0.25) is 10.0 Å². The van der Waals surface area contributed by atoms with E-state index < -0.39 is 29.9 Å². The van der Waals surface area contributed by atoms with Crippen LogP contribution < -0.4 is 10.6 Å². The highest BCUT2D eigenvalue weighted by Gasteiger charge is 2.50. The molecule has 8 heteroatoms. The van der Waals surface area contributed by atoms with Crippen molar-refractivity contribution in [2.75, 3.05) is 11.9 Å². The number of carbonyl (C=O) groups is 3. The normalized spacial score (nSPS) is 17.9. The van der Waals surface area contributed by atoms with Gasteiger partial charge in [-0.3, -0.25) is 14.5 Å². The van der Waals surface area contributed by atoms with Crippen molar-refractivity contribution in [2.24, 2.45) is 0 Å². The lowest BCUT2D eigenvalue weighted by atomic mass is 9.92. The zero-order chi connectivity index (χ0) is 22.9. The predicted octanol–water partition coefficient (Wildman–Crippen LogP) is 5.07. The van der Waals surface area contributed by atoms with Crippen molar-refractivity contribution >= 4 is 46.7 Å². The van der Waals surface area contributed by atoms with Gasteiger partial charge in [0.25, 0.3) is 5.91 Å². The van der Waals surface area contributed by atoms with Gasteiger partial charge in [-0.15, -0.1) is 0 Å².